The Hall–Kier alpha value is -3.38. The maximum Gasteiger partial charge on any atom is 0.483 e. The molecule has 0 aromatic heterocycles. The third-order valence-electron chi connectivity index (χ3n) is 4.48. The van der Waals surface area contributed by atoms with Crippen molar-refractivity contribution in [3.8, 4) is 16.9 Å². The van der Waals surface area contributed by atoms with Gasteiger partial charge in [0, 0.05) is 11.6 Å². The molecule has 0 unspecified atom stereocenters. The Balaban J connectivity index is 2.35. The van der Waals surface area contributed by atoms with Crippen LogP contribution in [0.2, 0.25) is 0 Å². The number of hydrogen-bond donors (Lipinski definition) is 1. The van der Waals surface area contributed by atoms with E-state index in [1.54, 1.807) is 0 Å². The highest BCUT2D eigenvalue weighted by Crippen LogP contribution is 2.45. The minimum absolute atomic E-state index is 0.00382. The molecule has 1 aliphatic rings. The summed E-state index contributed by atoms with van der Waals surface area (Å²) in [6.45, 7) is 1.20. The molecule has 3 rings (SSSR count). The van der Waals surface area contributed by atoms with E-state index in [9.17, 15) is 49.8 Å². The van der Waals surface area contributed by atoms with E-state index >= 15 is 0 Å². The zero-order valence-corrected chi connectivity index (χ0v) is 15.1. The standard InChI is InChI=1S/C18H9F8NO4/c1-2-7(16(28)29)27-8-3-5(6(19)4-9(8)31-18(25,26)17(27)30)10-11(20)13(22)15(24)14(23)12(10)21/h3-4,7H,2H2,1H3,(H,28,29)/t7-/m1/s1. The molecular weight excluding hydrogens is 446 g/mol. The Labute approximate surface area is 167 Å². The van der Waals surface area contributed by atoms with Crippen LogP contribution in [0, 0.1) is 34.9 Å². The first kappa shape index (κ1) is 22.3. The van der Waals surface area contributed by atoms with Crippen LogP contribution in [0.3, 0.4) is 0 Å². The predicted molar refractivity (Wildman–Crippen MR) is 86.4 cm³/mol. The van der Waals surface area contributed by atoms with Crippen molar-refractivity contribution >= 4 is 17.6 Å². The lowest BCUT2D eigenvalue weighted by molar-refractivity contribution is -0.193. The van der Waals surface area contributed by atoms with E-state index in [0.717, 1.165) is 0 Å². The molecule has 1 amide bonds. The Bertz CT molecular complexity index is 1090. The summed E-state index contributed by atoms with van der Waals surface area (Å²) in [5, 5.41) is 9.26. The van der Waals surface area contributed by atoms with Crippen LogP contribution < -0.4 is 9.64 Å². The Kier molecular flexibility index (Phi) is 5.32. The summed E-state index contributed by atoms with van der Waals surface area (Å²) in [7, 11) is 0. The number of carbonyl (C=O) groups excluding carboxylic acids is 1. The molecule has 0 saturated carbocycles. The van der Waals surface area contributed by atoms with Gasteiger partial charge in [0.05, 0.1) is 11.3 Å². The fourth-order valence-corrected chi connectivity index (χ4v) is 3.05. The highest BCUT2D eigenvalue weighted by molar-refractivity contribution is 6.05. The van der Waals surface area contributed by atoms with Gasteiger partial charge in [-0.25, -0.2) is 31.1 Å². The minimum atomic E-state index is -4.62. The number of halogens is 8. The summed E-state index contributed by atoms with van der Waals surface area (Å²) in [4.78, 5) is 23.5. The maximum atomic E-state index is 14.5. The monoisotopic (exact) mass is 455 g/mol. The molecule has 31 heavy (non-hydrogen) atoms. The van der Waals surface area contributed by atoms with Gasteiger partial charge in [-0.1, -0.05) is 6.92 Å². The zero-order valence-electron chi connectivity index (χ0n) is 15.1. The summed E-state index contributed by atoms with van der Waals surface area (Å²) in [5.74, 6) is -19.0. The zero-order chi connectivity index (χ0) is 23.4. The first-order chi connectivity index (χ1) is 14.3. The van der Waals surface area contributed by atoms with E-state index in [1.165, 1.54) is 6.92 Å². The van der Waals surface area contributed by atoms with Gasteiger partial charge in [0.1, 0.15) is 11.9 Å². The number of nitrogens with zero attached hydrogens (tertiary/aromatic N) is 1. The van der Waals surface area contributed by atoms with Crippen LogP contribution in [-0.4, -0.2) is 29.1 Å². The van der Waals surface area contributed by atoms with Crippen LogP contribution in [0.15, 0.2) is 12.1 Å². The highest BCUT2D eigenvalue weighted by atomic mass is 19.3. The topological polar surface area (TPSA) is 66.8 Å². The molecule has 0 bridgehead atoms. The van der Waals surface area contributed by atoms with Crippen molar-refractivity contribution in [1.82, 2.24) is 0 Å². The van der Waals surface area contributed by atoms with Crippen molar-refractivity contribution in [2.24, 2.45) is 0 Å². The van der Waals surface area contributed by atoms with Gasteiger partial charge < -0.3 is 9.84 Å². The number of hydrogen-bond acceptors (Lipinski definition) is 3. The first-order valence-corrected chi connectivity index (χ1v) is 8.32. The van der Waals surface area contributed by atoms with Crippen LogP contribution in [0.1, 0.15) is 13.3 Å². The lowest BCUT2D eigenvalue weighted by Crippen LogP contribution is -2.56. The van der Waals surface area contributed by atoms with Gasteiger partial charge >= 0.3 is 18.0 Å². The Morgan fingerprint density at radius 2 is 1.55 bits per heavy atom. The number of rotatable bonds is 4. The van der Waals surface area contributed by atoms with E-state index < -0.39 is 87.9 Å². The van der Waals surface area contributed by atoms with Gasteiger partial charge in [0.25, 0.3) is 0 Å². The van der Waals surface area contributed by atoms with Crippen molar-refractivity contribution in [3.05, 3.63) is 47.0 Å². The number of carboxylic acid groups (broad SMARTS) is 1. The SMILES string of the molecule is CC[C@H](C(=O)O)N1C(=O)C(F)(F)Oc2cc(F)c(-c3c(F)c(F)c(F)c(F)c3F)cc21. The van der Waals surface area contributed by atoms with Crippen LogP contribution in [0.5, 0.6) is 5.75 Å². The molecule has 1 aliphatic heterocycles. The summed E-state index contributed by atoms with van der Waals surface area (Å²) in [5.41, 5.74) is -3.92. The number of benzene rings is 2. The fourth-order valence-electron chi connectivity index (χ4n) is 3.05. The molecule has 1 atom stereocenters. The van der Waals surface area contributed by atoms with E-state index in [4.69, 9.17) is 0 Å². The smallest absolute Gasteiger partial charge is 0.480 e. The molecule has 1 N–H and O–H groups in total. The van der Waals surface area contributed by atoms with E-state index in [-0.39, 0.29) is 11.0 Å². The predicted octanol–water partition coefficient (Wildman–Crippen LogP) is 4.37. The molecule has 13 heteroatoms. The van der Waals surface area contributed by atoms with Crippen molar-refractivity contribution in [2.75, 3.05) is 4.90 Å². The second-order valence-electron chi connectivity index (χ2n) is 6.30. The third-order valence-corrected chi connectivity index (χ3v) is 4.48. The van der Waals surface area contributed by atoms with Crippen LogP contribution in [0.25, 0.3) is 11.1 Å². The average molecular weight is 455 g/mol. The summed E-state index contributed by atoms with van der Waals surface area (Å²) < 4.78 is 115. The number of fused-ring (bicyclic) bond motifs is 1. The second-order valence-corrected chi connectivity index (χ2v) is 6.30. The molecule has 0 saturated heterocycles. The summed E-state index contributed by atoms with van der Waals surface area (Å²) in [6.07, 6.45) is -5.06. The number of amides is 1. The van der Waals surface area contributed by atoms with Crippen LogP contribution >= 0.6 is 0 Å². The van der Waals surface area contributed by atoms with Gasteiger partial charge in [-0.3, -0.25) is 9.69 Å². The van der Waals surface area contributed by atoms with E-state index in [2.05, 4.69) is 4.74 Å². The number of alkyl halides is 2. The van der Waals surface area contributed by atoms with Gasteiger partial charge in [0.2, 0.25) is 5.82 Å². The van der Waals surface area contributed by atoms with Gasteiger partial charge in [0.15, 0.2) is 29.0 Å². The normalized spacial score (nSPS) is 16.0. The number of carboxylic acids is 1. The number of anilines is 1. The number of aliphatic carboxylic acids is 1. The number of carbonyl (C=O) groups is 2. The molecule has 166 valence electrons. The first-order valence-electron chi connectivity index (χ1n) is 8.32. The van der Waals surface area contributed by atoms with Gasteiger partial charge in [-0.05, 0) is 12.5 Å². The Morgan fingerprint density at radius 1 is 1.03 bits per heavy atom. The Morgan fingerprint density at radius 3 is 2.03 bits per heavy atom. The molecule has 2 aromatic carbocycles. The second kappa shape index (κ2) is 7.39. The van der Waals surface area contributed by atoms with Crippen LogP contribution in [0.4, 0.5) is 40.8 Å². The van der Waals surface area contributed by atoms with Crippen molar-refractivity contribution < 1.29 is 54.6 Å². The molecule has 1 heterocycles. The van der Waals surface area contributed by atoms with Crippen molar-refractivity contribution in [1.29, 1.82) is 0 Å². The molecular formula is C18H9F8NO4. The summed E-state index contributed by atoms with van der Waals surface area (Å²) >= 11 is 0. The lowest BCUT2D eigenvalue weighted by atomic mass is 9.99. The highest BCUT2D eigenvalue weighted by Gasteiger charge is 2.53. The maximum absolute atomic E-state index is 14.5. The van der Waals surface area contributed by atoms with Crippen molar-refractivity contribution in [3.63, 3.8) is 0 Å². The van der Waals surface area contributed by atoms with Crippen LogP contribution in [-0.2, 0) is 9.59 Å². The molecule has 2 aromatic rings. The average Bonchev–Trinajstić information content (AvgIpc) is 2.69. The molecule has 0 spiro atoms. The molecule has 5 nitrogen and oxygen atoms in total. The fraction of sp³-hybridized carbons (Fsp3) is 0.222. The molecule has 0 fully saturated rings. The quantitative estimate of drug-likeness (QED) is 0.423. The van der Waals surface area contributed by atoms with Gasteiger partial charge in [-0.15, -0.1) is 0 Å². The molecule has 0 radical (unpaired) electrons. The van der Waals surface area contributed by atoms with Crippen molar-refractivity contribution in [2.45, 2.75) is 25.5 Å². The van der Waals surface area contributed by atoms with Gasteiger partial charge in [-0.2, -0.15) is 8.78 Å². The summed E-state index contributed by atoms with van der Waals surface area (Å²) in [6, 6.07) is -1.54. The lowest BCUT2D eigenvalue weighted by Gasteiger charge is -2.36. The van der Waals surface area contributed by atoms with E-state index in [0.29, 0.717) is 6.07 Å². The number of ether oxygens (including phenoxy) is 1. The largest absolute Gasteiger partial charge is 0.483 e. The minimum Gasteiger partial charge on any atom is -0.480 e. The molecule has 0 aliphatic carbocycles. The van der Waals surface area contributed by atoms with E-state index in [1.807, 2.05) is 0 Å². The third kappa shape index (κ3) is 3.33.